The van der Waals surface area contributed by atoms with Gasteiger partial charge in [0, 0.05) is 55.0 Å². The van der Waals surface area contributed by atoms with E-state index in [0.29, 0.717) is 0 Å². The molecule has 0 spiro atoms. The van der Waals surface area contributed by atoms with Crippen LogP contribution < -0.4 is 4.90 Å². The van der Waals surface area contributed by atoms with Gasteiger partial charge < -0.3 is 9.47 Å². The van der Waals surface area contributed by atoms with Crippen LogP contribution in [-0.4, -0.2) is 40.6 Å². The Morgan fingerprint density at radius 1 is 0.806 bits per heavy atom. The van der Waals surface area contributed by atoms with E-state index >= 15 is 0 Å². The highest BCUT2D eigenvalue weighted by atomic mass is 35.5. The van der Waals surface area contributed by atoms with Crippen LogP contribution >= 0.6 is 11.6 Å². The molecule has 5 heteroatoms. The van der Waals surface area contributed by atoms with E-state index in [4.69, 9.17) is 11.6 Å². The average molecular weight is 493 g/mol. The predicted molar refractivity (Wildman–Crippen MR) is 150 cm³/mol. The summed E-state index contributed by atoms with van der Waals surface area (Å²) in [5.74, 6) is 1.07. The van der Waals surface area contributed by atoms with Crippen molar-refractivity contribution in [2.45, 2.75) is 13.5 Å². The molecule has 3 heterocycles. The summed E-state index contributed by atoms with van der Waals surface area (Å²) in [7, 11) is 0. The van der Waals surface area contributed by atoms with Gasteiger partial charge in [-0.15, -0.1) is 0 Å². The monoisotopic (exact) mass is 492 g/mol. The van der Waals surface area contributed by atoms with Crippen molar-refractivity contribution >= 4 is 28.2 Å². The van der Waals surface area contributed by atoms with Gasteiger partial charge in [0.25, 0.3) is 0 Å². The molecule has 3 aromatic carbocycles. The molecule has 0 aliphatic carbocycles. The first kappa shape index (κ1) is 22.8. The minimum absolute atomic E-state index is 0.755. The molecular weight excluding hydrogens is 464 g/mol. The highest BCUT2D eigenvalue weighted by molar-refractivity contribution is 6.30. The van der Waals surface area contributed by atoms with Crippen molar-refractivity contribution in [3.63, 3.8) is 0 Å². The summed E-state index contributed by atoms with van der Waals surface area (Å²) in [6, 6.07) is 31.9. The normalized spacial score (nSPS) is 14.4. The van der Waals surface area contributed by atoms with E-state index in [-0.39, 0.29) is 0 Å². The summed E-state index contributed by atoms with van der Waals surface area (Å²) in [5, 5.41) is 3.26. The van der Waals surface area contributed by atoms with Gasteiger partial charge in [0.1, 0.15) is 5.82 Å². The zero-order chi connectivity index (χ0) is 24.5. The SMILES string of the molecule is Cc1cc(CN2CCN(c3ccccn3)CC2)c(-c2ccc(Cl)cc2)n1-c1cccc2ccccc12. The topological polar surface area (TPSA) is 24.3 Å². The molecule has 5 aromatic rings. The largest absolute Gasteiger partial charge is 0.354 e. The minimum atomic E-state index is 0.755. The van der Waals surface area contributed by atoms with Gasteiger partial charge in [0.05, 0.1) is 11.4 Å². The van der Waals surface area contributed by atoms with Crippen LogP contribution in [0, 0.1) is 6.92 Å². The number of aromatic nitrogens is 2. The van der Waals surface area contributed by atoms with Gasteiger partial charge in [-0.1, -0.05) is 66.2 Å². The smallest absolute Gasteiger partial charge is 0.128 e. The summed E-state index contributed by atoms with van der Waals surface area (Å²) in [5.41, 5.74) is 6.21. The maximum atomic E-state index is 6.27. The van der Waals surface area contributed by atoms with E-state index in [1.54, 1.807) is 0 Å². The maximum absolute atomic E-state index is 6.27. The van der Waals surface area contributed by atoms with Crippen LogP contribution in [0.3, 0.4) is 0 Å². The number of anilines is 1. The quantitative estimate of drug-likeness (QED) is 0.264. The number of benzene rings is 3. The molecule has 1 fully saturated rings. The lowest BCUT2D eigenvalue weighted by Gasteiger charge is -2.35. The standard InChI is InChI=1S/C31H29ClN4/c1-23-21-26(22-34-17-19-35(20-18-34)30-11-4-5-16-33-30)31(25-12-14-27(32)15-13-25)36(23)29-10-6-8-24-7-2-3-9-28(24)29/h2-16,21H,17-20,22H2,1H3. The van der Waals surface area contributed by atoms with Crippen LogP contribution in [-0.2, 0) is 6.54 Å². The lowest BCUT2D eigenvalue weighted by molar-refractivity contribution is 0.249. The molecule has 0 N–H and O–H groups in total. The predicted octanol–water partition coefficient (Wildman–Crippen LogP) is 6.98. The lowest BCUT2D eigenvalue weighted by atomic mass is 10.1. The van der Waals surface area contributed by atoms with Crippen molar-refractivity contribution in [2.24, 2.45) is 0 Å². The molecule has 36 heavy (non-hydrogen) atoms. The maximum Gasteiger partial charge on any atom is 0.128 e. The van der Waals surface area contributed by atoms with Crippen molar-refractivity contribution in [2.75, 3.05) is 31.1 Å². The van der Waals surface area contributed by atoms with Crippen LogP contribution in [0.5, 0.6) is 0 Å². The molecule has 0 atom stereocenters. The van der Waals surface area contributed by atoms with Gasteiger partial charge in [-0.2, -0.15) is 0 Å². The molecule has 180 valence electrons. The third-order valence-electron chi connectivity index (χ3n) is 7.13. The van der Waals surface area contributed by atoms with Gasteiger partial charge in [0.2, 0.25) is 0 Å². The molecule has 1 aliphatic heterocycles. The Hall–Kier alpha value is -3.60. The van der Waals surface area contributed by atoms with Gasteiger partial charge in [0.15, 0.2) is 0 Å². The summed E-state index contributed by atoms with van der Waals surface area (Å²) in [4.78, 5) is 9.47. The van der Waals surface area contributed by atoms with E-state index in [0.717, 1.165) is 43.6 Å². The van der Waals surface area contributed by atoms with Crippen LogP contribution in [0.25, 0.3) is 27.7 Å². The highest BCUT2D eigenvalue weighted by Crippen LogP contribution is 2.35. The molecule has 0 saturated carbocycles. The summed E-state index contributed by atoms with van der Waals surface area (Å²) >= 11 is 6.27. The number of aryl methyl sites for hydroxylation is 1. The van der Waals surface area contributed by atoms with E-state index in [9.17, 15) is 0 Å². The zero-order valence-electron chi connectivity index (χ0n) is 20.4. The summed E-state index contributed by atoms with van der Waals surface area (Å²) in [6.07, 6.45) is 1.87. The van der Waals surface area contributed by atoms with Crippen LogP contribution in [0.2, 0.25) is 5.02 Å². The molecule has 6 rings (SSSR count). The fraction of sp³-hybridized carbons (Fsp3) is 0.194. The number of hydrogen-bond donors (Lipinski definition) is 0. The van der Waals surface area contributed by atoms with Gasteiger partial charge in [-0.05, 0) is 59.8 Å². The first-order valence-electron chi connectivity index (χ1n) is 12.5. The molecule has 1 aliphatic rings. The molecule has 4 nitrogen and oxygen atoms in total. The lowest BCUT2D eigenvalue weighted by Crippen LogP contribution is -2.46. The number of halogens is 1. The Balaban J connectivity index is 1.37. The number of pyridine rings is 1. The van der Waals surface area contributed by atoms with Crippen LogP contribution in [0.15, 0.2) is 97.2 Å². The van der Waals surface area contributed by atoms with Crippen molar-refractivity contribution < 1.29 is 0 Å². The molecule has 1 saturated heterocycles. The van der Waals surface area contributed by atoms with E-state index in [2.05, 4.69) is 99.1 Å². The Morgan fingerprint density at radius 2 is 1.56 bits per heavy atom. The molecule has 0 unspecified atom stereocenters. The number of hydrogen-bond acceptors (Lipinski definition) is 3. The number of nitrogens with zero attached hydrogens (tertiary/aromatic N) is 4. The Morgan fingerprint density at radius 3 is 2.33 bits per heavy atom. The Bertz CT molecular complexity index is 1480. The summed E-state index contributed by atoms with van der Waals surface area (Å²) < 4.78 is 2.42. The number of piperazine rings is 1. The molecule has 0 bridgehead atoms. The third kappa shape index (κ3) is 4.39. The highest BCUT2D eigenvalue weighted by Gasteiger charge is 2.22. The fourth-order valence-corrected chi connectivity index (χ4v) is 5.50. The molecule has 0 amide bonds. The first-order valence-corrected chi connectivity index (χ1v) is 12.9. The average Bonchev–Trinajstić information content (AvgIpc) is 3.24. The minimum Gasteiger partial charge on any atom is -0.354 e. The van der Waals surface area contributed by atoms with Crippen LogP contribution in [0.1, 0.15) is 11.3 Å². The first-order chi connectivity index (χ1) is 17.7. The molecular formula is C31H29ClN4. The number of rotatable bonds is 5. The fourth-order valence-electron chi connectivity index (χ4n) is 5.38. The Kier molecular flexibility index (Phi) is 6.22. The van der Waals surface area contributed by atoms with Crippen molar-refractivity contribution in [3.05, 3.63) is 113 Å². The van der Waals surface area contributed by atoms with Crippen molar-refractivity contribution in [1.29, 1.82) is 0 Å². The zero-order valence-corrected chi connectivity index (χ0v) is 21.2. The van der Waals surface area contributed by atoms with Crippen molar-refractivity contribution in [1.82, 2.24) is 14.5 Å². The van der Waals surface area contributed by atoms with Gasteiger partial charge in [-0.25, -0.2) is 4.98 Å². The Labute approximate surface area is 217 Å². The second-order valence-electron chi connectivity index (χ2n) is 9.45. The molecule has 2 aromatic heterocycles. The van der Waals surface area contributed by atoms with E-state index in [1.165, 1.54) is 39.0 Å². The third-order valence-corrected chi connectivity index (χ3v) is 7.38. The van der Waals surface area contributed by atoms with E-state index in [1.807, 2.05) is 24.4 Å². The van der Waals surface area contributed by atoms with Crippen molar-refractivity contribution in [3.8, 4) is 16.9 Å². The molecule has 0 radical (unpaired) electrons. The second kappa shape index (κ2) is 9.81. The van der Waals surface area contributed by atoms with Gasteiger partial charge >= 0.3 is 0 Å². The number of fused-ring (bicyclic) bond motifs is 1. The second-order valence-corrected chi connectivity index (χ2v) is 9.89. The van der Waals surface area contributed by atoms with Crippen LogP contribution in [0.4, 0.5) is 5.82 Å². The van der Waals surface area contributed by atoms with E-state index < -0.39 is 0 Å². The summed E-state index contributed by atoms with van der Waals surface area (Å²) in [6.45, 7) is 7.10. The van der Waals surface area contributed by atoms with Gasteiger partial charge in [-0.3, -0.25) is 4.90 Å².